The summed E-state index contributed by atoms with van der Waals surface area (Å²) < 4.78 is 1.98. The van der Waals surface area contributed by atoms with E-state index in [1.54, 1.807) is 12.1 Å². The van der Waals surface area contributed by atoms with Gasteiger partial charge in [0.15, 0.2) is 0 Å². The number of benzene rings is 1. The largest absolute Gasteiger partial charge is 0.388 e. The Morgan fingerprint density at radius 2 is 2.10 bits per heavy atom. The first-order chi connectivity index (χ1) is 9.51. The zero-order valence-corrected chi connectivity index (χ0v) is 12.3. The summed E-state index contributed by atoms with van der Waals surface area (Å²) in [6.45, 7) is 4.59. The molecule has 0 fully saturated rings. The number of rotatable bonds is 4. The predicted octanol–water partition coefficient (Wildman–Crippen LogP) is 3.75. The van der Waals surface area contributed by atoms with E-state index in [4.69, 9.17) is 16.9 Å². The lowest BCUT2D eigenvalue weighted by Crippen LogP contribution is -2.04. The number of aromatic nitrogens is 1. The van der Waals surface area contributed by atoms with Gasteiger partial charge in [0.05, 0.1) is 17.7 Å². The van der Waals surface area contributed by atoms with Gasteiger partial charge in [0.2, 0.25) is 0 Å². The van der Waals surface area contributed by atoms with Crippen LogP contribution in [0, 0.1) is 17.2 Å². The average Bonchev–Trinajstić information content (AvgIpc) is 2.88. The SMILES string of the molecule is CC(C)C(O)c1ccn(Cc2ccc(C#N)cc2Cl)c1. The van der Waals surface area contributed by atoms with Gasteiger partial charge in [-0.2, -0.15) is 5.26 Å². The third kappa shape index (κ3) is 3.22. The van der Waals surface area contributed by atoms with Crippen LogP contribution in [0.1, 0.15) is 36.6 Å². The first-order valence-corrected chi connectivity index (χ1v) is 6.91. The third-order valence-corrected chi connectivity index (χ3v) is 3.63. The Balaban J connectivity index is 2.17. The highest BCUT2D eigenvalue weighted by molar-refractivity contribution is 6.31. The molecule has 1 unspecified atom stereocenters. The lowest BCUT2D eigenvalue weighted by molar-refractivity contribution is 0.127. The highest BCUT2D eigenvalue weighted by Gasteiger charge is 2.13. The fourth-order valence-electron chi connectivity index (χ4n) is 2.06. The zero-order chi connectivity index (χ0) is 14.7. The molecule has 0 aliphatic carbocycles. The molecule has 0 spiro atoms. The second kappa shape index (κ2) is 6.13. The van der Waals surface area contributed by atoms with Crippen molar-refractivity contribution < 1.29 is 5.11 Å². The molecule has 0 bridgehead atoms. The van der Waals surface area contributed by atoms with Crippen LogP contribution in [0.25, 0.3) is 0 Å². The maximum absolute atomic E-state index is 10.0. The minimum absolute atomic E-state index is 0.185. The van der Waals surface area contributed by atoms with Crippen LogP contribution >= 0.6 is 11.6 Å². The number of hydrogen-bond donors (Lipinski definition) is 1. The van der Waals surface area contributed by atoms with Crippen LogP contribution in [0.15, 0.2) is 36.7 Å². The lowest BCUT2D eigenvalue weighted by atomic mass is 10.0. The molecule has 0 saturated heterocycles. The van der Waals surface area contributed by atoms with Crippen LogP contribution in [0.2, 0.25) is 5.02 Å². The molecule has 0 radical (unpaired) electrons. The van der Waals surface area contributed by atoms with Crippen molar-refractivity contribution in [3.63, 3.8) is 0 Å². The number of nitriles is 1. The summed E-state index contributed by atoms with van der Waals surface area (Å²) in [4.78, 5) is 0. The number of aliphatic hydroxyl groups is 1. The fourth-order valence-corrected chi connectivity index (χ4v) is 2.30. The molecule has 1 heterocycles. The molecule has 104 valence electrons. The maximum Gasteiger partial charge on any atom is 0.0992 e. The maximum atomic E-state index is 10.0. The highest BCUT2D eigenvalue weighted by atomic mass is 35.5. The van der Waals surface area contributed by atoms with Crippen molar-refractivity contribution in [2.24, 2.45) is 5.92 Å². The molecular weight excluding hydrogens is 272 g/mol. The van der Waals surface area contributed by atoms with Gasteiger partial charge in [0, 0.05) is 24.0 Å². The van der Waals surface area contributed by atoms with E-state index in [0.717, 1.165) is 11.1 Å². The molecule has 0 amide bonds. The lowest BCUT2D eigenvalue weighted by Gasteiger charge is -2.12. The van der Waals surface area contributed by atoms with Crippen LogP contribution in [-0.2, 0) is 6.54 Å². The summed E-state index contributed by atoms with van der Waals surface area (Å²) in [5.41, 5.74) is 2.42. The Kier molecular flexibility index (Phi) is 4.49. The number of aliphatic hydroxyl groups excluding tert-OH is 1. The number of halogens is 1. The third-order valence-electron chi connectivity index (χ3n) is 3.28. The second-order valence-electron chi connectivity index (χ2n) is 5.22. The van der Waals surface area contributed by atoms with Gasteiger partial charge in [-0.15, -0.1) is 0 Å². The predicted molar refractivity (Wildman–Crippen MR) is 79.5 cm³/mol. The molecule has 1 atom stereocenters. The Hall–Kier alpha value is -1.76. The van der Waals surface area contributed by atoms with Crippen molar-refractivity contribution in [2.45, 2.75) is 26.5 Å². The smallest absolute Gasteiger partial charge is 0.0992 e. The van der Waals surface area contributed by atoms with E-state index >= 15 is 0 Å². The Morgan fingerprint density at radius 3 is 2.70 bits per heavy atom. The molecule has 0 aliphatic heterocycles. The minimum Gasteiger partial charge on any atom is -0.388 e. The van der Waals surface area contributed by atoms with Gasteiger partial charge in [-0.05, 0) is 35.2 Å². The molecule has 0 saturated carbocycles. The molecule has 3 nitrogen and oxygen atoms in total. The average molecular weight is 289 g/mol. The van der Waals surface area contributed by atoms with E-state index in [-0.39, 0.29) is 5.92 Å². The van der Waals surface area contributed by atoms with Crippen molar-refractivity contribution in [3.8, 4) is 6.07 Å². The van der Waals surface area contributed by atoms with Gasteiger partial charge >= 0.3 is 0 Å². The van der Waals surface area contributed by atoms with Crippen molar-refractivity contribution in [1.29, 1.82) is 5.26 Å². The molecule has 4 heteroatoms. The van der Waals surface area contributed by atoms with E-state index in [1.165, 1.54) is 0 Å². The summed E-state index contributed by atoms with van der Waals surface area (Å²) >= 11 is 6.16. The monoisotopic (exact) mass is 288 g/mol. The summed E-state index contributed by atoms with van der Waals surface area (Å²) in [7, 11) is 0. The topological polar surface area (TPSA) is 49.0 Å². The van der Waals surface area contributed by atoms with Gasteiger partial charge in [-0.25, -0.2) is 0 Å². The normalized spacial score (nSPS) is 12.4. The van der Waals surface area contributed by atoms with E-state index in [0.29, 0.717) is 17.1 Å². The molecule has 1 aromatic carbocycles. The molecule has 2 aromatic rings. The summed E-state index contributed by atoms with van der Waals surface area (Å²) in [6, 6.07) is 9.27. The number of nitrogens with zero attached hydrogens (tertiary/aromatic N) is 2. The molecule has 0 aliphatic rings. The number of hydrogen-bond acceptors (Lipinski definition) is 2. The molecule has 20 heavy (non-hydrogen) atoms. The molecule has 1 aromatic heterocycles. The van der Waals surface area contributed by atoms with Gasteiger partial charge in [-0.3, -0.25) is 0 Å². The first-order valence-electron chi connectivity index (χ1n) is 6.53. The van der Waals surface area contributed by atoms with Crippen LogP contribution in [0.4, 0.5) is 0 Å². The van der Waals surface area contributed by atoms with Crippen LogP contribution < -0.4 is 0 Å². The Labute approximate surface area is 124 Å². The summed E-state index contributed by atoms with van der Waals surface area (Å²) in [5.74, 6) is 0.185. The van der Waals surface area contributed by atoms with Gasteiger partial charge < -0.3 is 9.67 Å². The first kappa shape index (κ1) is 14.6. The van der Waals surface area contributed by atoms with Crippen molar-refractivity contribution >= 4 is 11.6 Å². The Bertz CT molecular complexity index is 640. The van der Waals surface area contributed by atoms with Gasteiger partial charge in [0.1, 0.15) is 0 Å². The molecule has 1 N–H and O–H groups in total. The Morgan fingerprint density at radius 1 is 1.35 bits per heavy atom. The molecule has 2 rings (SSSR count). The quantitative estimate of drug-likeness (QED) is 0.931. The van der Waals surface area contributed by atoms with E-state index in [2.05, 4.69) is 6.07 Å². The second-order valence-corrected chi connectivity index (χ2v) is 5.63. The van der Waals surface area contributed by atoms with Crippen LogP contribution in [-0.4, -0.2) is 9.67 Å². The summed E-state index contributed by atoms with van der Waals surface area (Å²) in [5, 5.41) is 19.4. The summed E-state index contributed by atoms with van der Waals surface area (Å²) in [6.07, 6.45) is 3.40. The van der Waals surface area contributed by atoms with E-state index in [9.17, 15) is 5.11 Å². The van der Waals surface area contributed by atoms with Gasteiger partial charge in [-0.1, -0.05) is 31.5 Å². The van der Waals surface area contributed by atoms with E-state index in [1.807, 2.05) is 42.9 Å². The van der Waals surface area contributed by atoms with Crippen LogP contribution in [0.3, 0.4) is 0 Å². The van der Waals surface area contributed by atoms with E-state index < -0.39 is 6.10 Å². The van der Waals surface area contributed by atoms with Crippen molar-refractivity contribution in [1.82, 2.24) is 4.57 Å². The standard InChI is InChI=1S/C16H17ClN2O/c1-11(2)16(20)14-5-6-19(10-14)9-13-4-3-12(8-18)7-15(13)17/h3-7,10-11,16,20H,9H2,1-2H3. The highest BCUT2D eigenvalue weighted by Crippen LogP contribution is 2.23. The van der Waals surface area contributed by atoms with Crippen LogP contribution in [0.5, 0.6) is 0 Å². The minimum atomic E-state index is -0.451. The molecular formula is C16H17ClN2O. The van der Waals surface area contributed by atoms with Crippen molar-refractivity contribution in [3.05, 3.63) is 58.4 Å². The fraction of sp³-hybridized carbons (Fsp3) is 0.312. The van der Waals surface area contributed by atoms with Crippen molar-refractivity contribution in [2.75, 3.05) is 0 Å². The van der Waals surface area contributed by atoms with Gasteiger partial charge in [0.25, 0.3) is 0 Å². The zero-order valence-electron chi connectivity index (χ0n) is 11.5.